The zero-order valence-electron chi connectivity index (χ0n) is 9.17. The van der Waals surface area contributed by atoms with Gasteiger partial charge in [0.05, 0.1) is 18.7 Å². The molecular weight excluding hydrogens is 305 g/mol. The van der Waals surface area contributed by atoms with Crippen LogP contribution in [0.5, 0.6) is 5.75 Å². The van der Waals surface area contributed by atoms with Crippen LogP contribution >= 0.6 is 27.5 Å². The van der Waals surface area contributed by atoms with Crippen molar-refractivity contribution in [3.05, 3.63) is 45.8 Å². The molecule has 0 aliphatic heterocycles. The molecule has 1 aromatic carbocycles. The summed E-state index contributed by atoms with van der Waals surface area (Å²) in [4.78, 5) is 0. The van der Waals surface area contributed by atoms with Gasteiger partial charge in [0.15, 0.2) is 4.67 Å². The molecular formula is C12H11BrClNO2. The predicted molar refractivity (Wildman–Crippen MR) is 71.7 cm³/mol. The van der Waals surface area contributed by atoms with Gasteiger partial charge in [-0.3, -0.25) is 0 Å². The second-order valence-corrected chi connectivity index (χ2v) is 4.60. The molecule has 1 N–H and O–H groups in total. The first-order valence-electron chi connectivity index (χ1n) is 5.00. The van der Waals surface area contributed by atoms with E-state index in [9.17, 15) is 0 Å². The van der Waals surface area contributed by atoms with Crippen molar-refractivity contribution in [3.8, 4) is 5.75 Å². The van der Waals surface area contributed by atoms with Crippen molar-refractivity contribution in [2.24, 2.45) is 0 Å². The third-order valence-electron chi connectivity index (χ3n) is 2.25. The van der Waals surface area contributed by atoms with Gasteiger partial charge < -0.3 is 14.5 Å². The Kier molecular flexibility index (Phi) is 3.97. The number of benzene rings is 1. The molecule has 0 saturated heterocycles. The number of anilines is 1. The lowest BCUT2D eigenvalue weighted by atomic mass is 10.3. The van der Waals surface area contributed by atoms with Gasteiger partial charge in [-0.05, 0) is 46.3 Å². The topological polar surface area (TPSA) is 34.4 Å². The molecule has 0 amide bonds. The van der Waals surface area contributed by atoms with Gasteiger partial charge in [-0.15, -0.1) is 0 Å². The van der Waals surface area contributed by atoms with Gasteiger partial charge in [-0.1, -0.05) is 11.6 Å². The largest absolute Gasteiger partial charge is 0.495 e. The number of ether oxygens (including phenoxy) is 1. The zero-order chi connectivity index (χ0) is 12.3. The predicted octanol–water partition coefficient (Wildman–Crippen LogP) is 4.32. The van der Waals surface area contributed by atoms with E-state index in [1.807, 2.05) is 30.3 Å². The fraction of sp³-hybridized carbons (Fsp3) is 0.167. The molecule has 1 aromatic heterocycles. The first kappa shape index (κ1) is 12.3. The lowest BCUT2D eigenvalue weighted by Crippen LogP contribution is -1.98. The van der Waals surface area contributed by atoms with Crippen molar-refractivity contribution < 1.29 is 9.15 Å². The van der Waals surface area contributed by atoms with E-state index in [0.29, 0.717) is 17.3 Å². The molecule has 3 nitrogen and oxygen atoms in total. The molecule has 0 radical (unpaired) electrons. The molecule has 0 spiro atoms. The average Bonchev–Trinajstić information content (AvgIpc) is 2.73. The highest BCUT2D eigenvalue weighted by Crippen LogP contribution is 2.27. The van der Waals surface area contributed by atoms with Gasteiger partial charge in [0, 0.05) is 5.69 Å². The van der Waals surface area contributed by atoms with E-state index in [2.05, 4.69) is 21.2 Å². The first-order chi connectivity index (χ1) is 8.19. The van der Waals surface area contributed by atoms with Crippen LogP contribution in [-0.4, -0.2) is 7.11 Å². The molecule has 1 heterocycles. The number of hydrogen-bond acceptors (Lipinski definition) is 3. The van der Waals surface area contributed by atoms with Crippen LogP contribution in [0.2, 0.25) is 5.02 Å². The van der Waals surface area contributed by atoms with E-state index in [-0.39, 0.29) is 0 Å². The van der Waals surface area contributed by atoms with Crippen LogP contribution in [-0.2, 0) is 6.54 Å². The molecule has 0 bridgehead atoms. The average molecular weight is 317 g/mol. The van der Waals surface area contributed by atoms with Gasteiger partial charge in [-0.2, -0.15) is 0 Å². The molecule has 0 atom stereocenters. The first-order valence-corrected chi connectivity index (χ1v) is 6.18. The van der Waals surface area contributed by atoms with Crippen LogP contribution in [0.3, 0.4) is 0 Å². The van der Waals surface area contributed by atoms with E-state index in [4.69, 9.17) is 20.8 Å². The van der Waals surface area contributed by atoms with Crippen molar-refractivity contribution >= 4 is 33.2 Å². The molecule has 0 unspecified atom stereocenters. The van der Waals surface area contributed by atoms with Gasteiger partial charge >= 0.3 is 0 Å². The normalized spacial score (nSPS) is 10.3. The Labute approximate surface area is 113 Å². The Morgan fingerprint density at radius 1 is 1.35 bits per heavy atom. The maximum Gasteiger partial charge on any atom is 0.169 e. The summed E-state index contributed by atoms with van der Waals surface area (Å²) in [6.45, 7) is 0.605. The molecule has 0 fully saturated rings. The summed E-state index contributed by atoms with van der Waals surface area (Å²) in [7, 11) is 1.59. The van der Waals surface area contributed by atoms with Crippen LogP contribution in [0.15, 0.2) is 39.4 Å². The van der Waals surface area contributed by atoms with Crippen LogP contribution in [0, 0.1) is 0 Å². The third-order valence-corrected chi connectivity index (χ3v) is 2.97. The molecule has 2 aromatic rings. The van der Waals surface area contributed by atoms with Gasteiger partial charge in [0.2, 0.25) is 0 Å². The summed E-state index contributed by atoms with van der Waals surface area (Å²) in [6, 6.07) is 9.31. The minimum atomic E-state index is 0.582. The minimum Gasteiger partial charge on any atom is -0.495 e. The number of rotatable bonds is 4. The molecule has 2 rings (SSSR count). The quantitative estimate of drug-likeness (QED) is 0.912. The summed E-state index contributed by atoms with van der Waals surface area (Å²) in [5, 5.41) is 3.79. The number of hydrogen-bond donors (Lipinski definition) is 1. The van der Waals surface area contributed by atoms with E-state index >= 15 is 0 Å². The van der Waals surface area contributed by atoms with Gasteiger partial charge in [0.1, 0.15) is 11.5 Å². The monoisotopic (exact) mass is 315 g/mol. The standard InChI is InChI=1S/C12H11BrClNO2/c1-16-11-4-2-8(6-10(11)14)15-7-9-3-5-12(13)17-9/h2-6,15H,7H2,1H3. The Morgan fingerprint density at radius 2 is 2.18 bits per heavy atom. The fourth-order valence-electron chi connectivity index (χ4n) is 1.41. The minimum absolute atomic E-state index is 0.582. The maximum atomic E-state index is 6.02. The Bertz CT molecular complexity index is 513. The Hall–Kier alpha value is -1.13. The molecule has 0 aliphatic carbocycles. The van der Waals surface area contributed by atoms with Crippen molar-refractivity contribution in [1.82, 2.24) is 0 Å². The Morgan fingerprint density at radius 3 is 2.76 bits per heavy atom. The van der Waals surface area contributed by atoms with Crippen LogP contribution < -0.4 is 10.1 Å². The Balaban J connectivity index is 2.02. The number of nitrogens with one attached hydrogen (secondary N) is 1. The van der Waals surface area contributed by atoms with E-state index < -0.39 is 0 Å². The number of halogens is 2. The van der Waals surface area contributed by atoms with Crippen LogP contribution in [0.1, 0.15) is 5.76 Å². The molecule has 5 heteroatoms. The van der Waals surface area contributed by atoms with Crippen molar-refractivity contribution in [3.63, 3.8) is 0 Å². The number of methoxy groups -OCH3 is 1. The lowest BCUT2D eigenvalue weighted by Gasteiger charge is -2.07. The SMILES string of the molecule is COc1ccc(NCc2ccc(Br)o2)cc1Cl. The van der Waals surface area contributed by atoms with E-state index in [0.717, 1.165) is 16.1 Å². The van der Waals surface area contributed by atoms with E-state index in [1.165, 1.54) is 0 Å². The summed E-state index contributed by atoms with van der Waals surface area (Å²) < 4.78 is 11.2. The zero-order valence-corrected chi connectivity index (χ0v) is 11.5. The second-order valence-electron chi connectivity index (χ2n) is 3.41. The molecule has 17 heavy (non-hydrogen) atoms. The second kappa shape index (κ2) is 5.47. The summed E-state index contributed by atoms with van der Waals surface area (Å²) in [5.41, 5.74) is 0.920. The third kappa shape index (κ3) is 3.17. The van der Waals surface area contributed by atoms with Gasteiger partial charge in [-0.25, -0.2) is 0 Å². The van der Waals surface area contributed by atoms with Crippen molar-refractivity contribution in [2.45, 2.75) is 6.54 Å². The highest BCUT2D eigenvalue weighted by Gasteiger charge is 2.03. The smallest absolute Gasteiger partial charge is 0.169 e. The lowest BCUT2D eigenvalue weighted by molar-refractivity contribution is 0.415. The van der Waals surface area contributed by atoms with Gasteiger partial charge in [0.25, 0.3) is 0 Å². The van der Waals surface area contributed by atoms with Crippen molar-refractivity contribution in [1.29, 1.82) is 0 Å². The molecule has 0 saturated carbocycles. The molecule has 90 valence electrons. The highest BCUT2D eigenvalue weighted by atomic mass is 79.9. The van der Waals surface area contributed by atoms with E-state index in [1.54, 1.807) is 7.11 Å². The summed E-state index contributed by atoms with van der Waals surface area (Å²) >= 11 is 9.28. The van der Waals surface area contributed by atoms with Crippen molar-refractivity contribution in [2.75, 3.05) is 12.4 Å². The summed E-state index contributed by atoms with van der Waals surface area (Å²) in [5.74, 6) is 1.52. The maximum absolute atomic E-state index is 6.02. The van der Waals surface area contributed by atoms with Crippen LogP contribution in [0.25, 0.3) is 0 Å². The summed E-state index contributed by atoms with van der Waals surface area (Å²) in [6.07, 6.45) is 0. The fourth-order valence-corrected chi connectivity index (χ4v) is 2.01. The van der Waals surface area contributed by atoms with Crippen LogP contribution in [0.4, 0.5) is 5.69 Å². The number of furan rings is 1. The molecule has 0 aliphatic rings. The highest BCUT2D eigenvalue weighted by molar-refractivity contribution is 9.10.